The van der Waals surface area contributed by atoms with Gasteiger partial charge in [0.05, 0.1) is 31.2 Å². The van der Waals surface area contributed by atoms with E-state index in [0.29, 0.717) is 17.0 Å². The number of likely N-dealkylation sites (N-methyl/N-ethyl adjacent to an activating group) is 1. The van der Waals surface area contributed by atoms with Crippen molar-refractivity contribution in [2.75, 3.05) is 37.4 Å². The van der Waals surface area contributed by atoms with Crippen molar-refractivity contribution in [3.05, 3.63) is 53.6 Å². The van der Waals surface area contributed by atoms with Crippen LogP contribution in [-0.4, -0.2) is 77.8 Å². The van der Waals surface area contributed by atoms with Crippen LogP contribution in [0.4, 0.5) is 34.1 Å². The van der Waals surface area contributed by atoms with Gasteiger partial charge in [-0.2, -0.15) is 13.2 Å². The minimum absolute atomic E-state index is 0.0370. The van der Waals surface area contributed by atoms with Crippen molar-refractivity contribution >= 4 is 29.3 Å². The van der Waals surface area contributed by atoms with Gasteiger partial charge in [0.25, 0.3) is 0 Å². The van der Waals surface area contributed by atoms with Gasteiger partial charge < -0.3 is 35.6 Å². The Bertz CT molecular complexity index is 1260. The topological polar surface area (TPSA) is 123 Å². The van der Waals surface area contributed by atoms with Gasteiger partial charge in [0.15, 0.2) is 0 Å². The number of ether oxygens (including phenoxy) is 1. The van der Waals surface area contributed by atoms with Crippen LogP contribution in [0.25, 0.3) is 0 Å². The summed E-state index contributed by atoms with van der Waals surface area (Å²) in [5.41, 5.74) is 0.356. The number of anilines is 2. The first-order chi connectivity index (χ1) is 19.7. The van der Waals surface area contributed by atoms with E-state index >= 15 is 0 Å². The Hall–Kier alpha value is -4.00. The minimum atomic E-state index is -4.49. The van der Waals surface area contributed by atoms with E-state index in [1.807, 2.05) is 20.8 Å². The van der Waals surface area contributed by atoms with E-state index in [0.717, 1.165) is 12.1 Å². The second-order valence-corrected chi connectivity index (χ2v) is 10.8. The van der Waals surface area contributed by atoms with Crippen LogP contribution in [0.1, 0.15) is 38.8 Å². The number of carbonyl (C=O) groups is 3. The maximum Gasteiger partial charge on any atom is 0.416 e. The van der Waals surface area contributed by atoms with Gasteiger partial charge >= 0.3 is 18.2 Å². The summed E-state index contributed by atoms with van der Waals surface area (Å²) in [4.78, 5) is 41.4. The molecule has 1 aliphatic rings. The van der Waals surface area contributed by atoms with Crippen molar-refractivity contribution in [1.29, 1.82) is 0 Å². The number of nitrogens with one attached hydrogen (secondary N) is 3. The predicted octanol–water partition coefficient (Wildman–Crippen LogP) is 4.55. The fourth-order valence-corrected chi connectivity index (χ4v) is 4.47. The molecule has 42 heavy (non-hydrogen) atoms. The molecular formula is C29H38F3N5O5. The van der Waals surface area contributed by atoms with Crippen LogP contribution < -0.4 is 20.7 Å². The number of halogens is 3. The van der Waals surface area contributed by atoms with Crippen molar-refractivity contribution in [2.24, 2.45) is 5.92 Å². The number of urea groups is 2. The van der Waals surface area contributed by atoms with Crippen molar-refractivity contribution in [3.8, 4) is 5.75 Å². The molecule has 0 saturated heterocycles. The molecule has 0 saturated carbocycles. The number of rotatable bonds is 7. The van der Waals surface area contributed by atoms with Gasteiger partial charge in [-0.3, -0.25) is 4.79 Å². The summed E-state index contributed by atoms with van der Waals surface area (Å²) in [7, 11) is 1.53. The lowest BCUT2D eigenvalue weighted by Gasteiger charge is -2.34. The summed E-state index contributed by atoms with van der Waals surface area (Å²) < 4.78 is 45.0. The molecule has 2 aromatic rings. The number of nitrogens with zero attached hydrogens (tertiary/aromatic N) is 2. The number of carbonyl (C=O) groups excluding carboxylic acids is 3. The van der Waals surface area contributed by atoms with E-state index in [1.165, 1.54) is 24.1 Å². The molecule has 4 N–H and O–H groups in total. The summed E-state index contributed by atoms with van der Waals surface area (Å²) in [5, 5.41) is 17.9. The first kappa shape index (κ1) is 32.5. The molecule has 5 amide bonds. The molecule has 3 atom stereocenters. The fourth-order valence-electron chi connectivity index (χ4n) is 4.47. The molecule has 0 aromatic heterocycles. The molecule has 1 aliphatic heterocycles. The van der Waals surface area contributed by atoms with Crippen molar-refractivity contribution in [2.45, 2.75) is 58.5 Å². The fraction of sp³-hybridized carbons (Fsp3) is 0.483. The van der Waals surface area contributed by atoms with E-state index in [1.54, 1.807) is 30.0 Å². The van der Waals surface area contributed by atoms with Crippen LogP contribution >= 0.6 is 0 Å². The van der Waals surface area contributed by atoms with E-state index < -0.39 is 35.9 Å². The Balaban J connectivity index is 1.83. The summed E-state index contributed by atoms with van der Waals surface area (Å²) in [6, 6.07) is 7.59. The zero-order valence-electron chi connectivity index (χ0n) is 24.3. The predicted molar refractivity (Wildman–Crippen MR) is 152 cm³/mol. The zero-order valence-corrected chi connectivity index (χ0v) is 24.3. The van der Waals surface area contributed by atoms with Gasteiger partial charge in [-0.05, 0) is 63.2 Å². The van der Waals surface area contributed by atoms with E-state index in [4.69, 9.17) is 4.74 Å². The molecule has 0 unspecified atom stereocenters. The SMILES string of the molecule is CC(C)NC(=O)Nc1ccc2c(c1)CC(=O)N([C@@H](C)CO)C[C@H](C)[C@H](CN(C)C(=O)Nc1ccc(C(F)(F)F)cc1)O2. The average molecular weight is 594 g/mol. The number of alkyl halides is 3. The highest BCUT2D eigenvalue weighted by Crippen LogP contribution is 2.31. The number of benzene rings is 2. The van der Waals surface area contributed by atoms with Gasteiger partial charge in [0.2, 0.25) is 5.91 Å². The van der Waals surface area contributed by atoms with E-state index in [-0.39, 0.29) is 49.7 Å². The van der Waals surface area contributed by atoms with Crippen molar-refractivity contribution in [1.82, 2.24) is 15.1 Å². The Morgan fingerprint density at radius 2 is 1.74 bits per heavy atom. The molecular weight excluding hydrogens is 555 g/mol. The summed E-state index contributed by atoms with van der Waals surface area (Å²) >= 11 is 0. The van der Waals surface area contributed by atoms with Crippen LogP contribution in [0.15, 0.2) is 42.5 Å². The molecule has 1 heterocycles. The van der Waals surface area contributed by atoms with Gasteiger partial charge in [-0.1, -0.05) is 6.92 Å². The number of hydrogen-bond acceptors (Lipinski definition) is 5. The third-order valence-electron chi connectivity index (χ3n) is 6.86. The van der Waals surface area contributed by atoms with E-state index in [2.05, 4.69) is 16.0 Å². The number of aliphatic hydroxyl groups excluding tert-OH is 1. The highest BCUT2D eigenvalue weighted by atomic mass is 19.4. The largest absolute Gasteiger partial charge is 0.488 e. The van der Waals surface area contributed by atoms with Crippen molar-refractivity contribution < 1.29 is 37.4 Å². The summed E-state index contributed by atoms with van der Waals surface area (Å²) in [6.07, 6.45) is -5.13. The number of hydrogen-bond donors (Lipinski definition) is 4. The van der Waals surface area contributed by atoms with Gasteiger partial charge in [-0.25, -0.2) is 9.59 Å². The molecule has 0 fully saturated rings. The van der Waals surface area contributed by atoms with Gasteiger partial charge in [0.1, 0.15) is 11.9 Å². The molecule has 10 nitrogen and oxygen atoms in total. The second kappa shape index (κ2) is 13.8. The molecule has 0 radical (unpaired) electrons. The normalized spacial score (nSPS) is 18.1. The number of fused-ring (bicyclic) bond motifs is 1. The standard InChI is InChI=1S/C29H38F3N5O5/c1-17(2)33-27(40)34-23-10-11-24-20(12-23)13-26(39)37(19(4)16-38)14-18(3)25(42-24)15-36(5)28(41)35-22-8-6-21(7-9-22)29(30,31)32/h6-12,17-19,25,38H,13-16H2,1-5H3,(H,35,41)(H2,33,34,40)/t18-,19-,25-/m0/s1. The van der Waals surface area contributed by atoms with E-state index in [9.17, 15) is 32.7 Å². The summed E-state index contributed by atoms with van der Waals surface area (Å²) in [6.45, 7) is 7.34. The highest BCUT2D eigenvalue weighted by Gasteiger charge is 2.32. The third-order valence-corrected chi connectivity index (χ3v) is 6.86. The maximum absolute atomic E-state index is 13.3. The van der Waals surface area contributed by atoms with Gasteiger partial charge in [-0.15, -0.1) is 0 Å². The molecule has 0 bridgehead atoms. The van der Waals surface area contributed by atoms with Crippen LogP contribution in [0.5, 0.6) is 5.75 Å². The van der Waals surface area contributed by atoms with Crippen LogP contribution in [0.2, 0.25) is 0 Å². The first-order valence-corrected chi connectivity index (χ1v) is 13.6. The highest BCUT2D eigenvalue weighted by molar-refractivity contribution is 5.90. The Morgan fingerprint density at radius 3 is 2.33 bits per heavy atom. The van der Waals surface area contributed by atoms with Crippen molar-refractivity contribution in [3.63, 3.8) is 0 Å². The third kappa shape index (κ3) is 8.75. The molecule has 2 aromatic carbocycles. The lowest BCUT2D eigenvalue weighted by Crippen LogP contribution is -2.48. The molecule has 13 heteroatoms. The second-order valence-electron chi connectivity index (χ2n) is 10.8. The van der Waals surface area contributed by atoms with Crippen LogP contribution in [-0.2, 0) is 17.4 Å². The smallest absolute Gasteiger partial charge is 0.416 e. The monoisotopic (exact) mass is 593 g/mol. The number of aliphatic hydroxyl groups is 1. The molecule has 0 aliphatic carbocycles. The molecule has 3 rings (SSSR count). The maximum atomic E-state index is 13.3. The Morgan fingerprint density at radius 1 is 1.10 bits per heavy atom. The first-order valence-electron chi connectivity index (χ1n) is 13.6. The summed E-state index contributed by atoms with van der Waals surface area (Å²) in [5.74, 6) is -0.110. The average Bonchev–Trinajstić information content (AvgIpc) is 2.95. The molecule has 230 valence electrons. The molecule has 0 spiro atoms. The van der Waals surface area contributed by atoms with Gasteiger partial charge in [0, 0.05) is 42.5 Å². The van der Waals surface area contributed by atoms with Crippen LogP contribution in [0.3, 0.4) is 0 Å². The number of amides is 5. The zero-order chi connectivity index (χ0) is 31.2. The minimum Gasteiger partial charge on any atom is -0.488 e. The Kier molecular flexibility index (Phi) is 10.7. The lowest BCUT2D eigenvalue weighted by molar-refractivity contribution is -0.137. The Labute approximate surface area is 243 Å². The van der Waals surface area contributed by atoms with Crippen LogP contribution in [0, 0.1) is 5.92 Å². The quantitative estimate of drug-likeness (QED) is 0.375. The lowest BCUT2D eigenvalue weighted by atomic mass is 10.0.